The van der Waals surface area contributed by atoms with Gasteiger partial charge in [0.05, 0.1) is 16.8 Å². The monoisotopic (exact) mass is 479 g/mol. The quantitative estimate of drug-likeness (QED) is 0.594. The summed E-state index contributed by atoms with van der Waals surface area (Å²) in [5.74, 6) is -3.95. The molecule has 1 aromatic carbocycles. The van der Waals surface area contributed by atoms with Crippen molar-refractivity contribution >= 4 is 26.8 Å². The largest absolute Gasteiger partial charge is 0.285 e. The van der Waals surface area contributed by atoms with E-state index in [1.807, 2.05) is 0 Å². The molecular formula is C21H20F3N5O3S. The molecule has 0 spiro atoms. The fraction of sp³-hybridized carbons (Fsp3) is 0.286. The maximum Gasteiger partial charge on any atom is 0.267 e. The number of carbonyl (C=O) groups is 1. The first-order valence-corrected chi connectivity index (χ1v) is 11.6. The number of benzene rings is 1. The summed E-state index contributed by atoms with van der Waals surface area (Å²) in [6.45, 7) is 0.207. The average Bonchev–Trinajstić information content (AvgIpc) is 2.92. The maximum absolute atomic E-state index is 13.8. The Balaban J connectivity index is 1.77. The molecule has 3 N–H and O–H groups in total. The molecular weight excluding hydrogens is 459 g/mol. The highest BCUT2D eigenvalue weighted by atomic mass is 32.2. The molecule has 12 heteroatoms. The molecule has 2 aromatic heterocycles. The maximum atomic E-state index is 13.8. The number of halogens is 3. The van der Waals surface area contributed by atoms with Crippen LogP contribution >= 0.6 is 0 Å². The molecule has 1 amide bonds. The summed E-state index contributed by atoms with van der Waals surface area (Å²) in [7, 11) is -4.13. The number of rotatable bonds is 4. The van der Waals surface area contributed by atoms with Crippen molar-refractivity contribution in [2.45, 2.75) is 30.2 Å². The van der Waals surface area contributed by atoms with Gasteiger partial charge in [0.15, 0.2) is 5.03 Å². The minimum absolute atomic E-state index is 0.0366. The summed E-state index contributed by atoms with van der Waals surface area (Å²) in [5.41, 5.74) is 3.21. The van der Waals surface area contributed by atoms with Gasteiger partial charge in [-0.25, -0.2) is 41.7 Å². The summed E-state index contributed by atoms with van der Waals surface area (Å²) >= 11 is 0. The molecule has 3 aromatic rings. The molecule has 3 heterocycles. The minimum atomic E-state index is -4.13. The van der Waals surface area contributed by atoms with E-state index in [1.54, 1.807) is 0 Å². The lowest BCUT2D eigenvalue weighted by Crippen LogP contribution is -2.43. The van der Waals surface area contributed by atoms with Crippen molar-refractivity contribution in [3.8, 4) is 11.3 Å². The van der Waals surface area contributed by atoms with E-state index < -0.39 is 39.1 Å². The topological polar surface area (TPSA) is 118 Å². The second-order valence-corrected chi connectivity index (χ2v) is 9.30. The highest BCUT2D eigenvalue weighted by molar-refractivity contribution is 7.89. The van der Waals surface area contributed by atoms with Crippen LogP contribution in [0.1, 0.15) is 29.6 Å². The summed E-state index contributed by atoms with van der Waals surface area (Å²) in [6.07, 6.45) is 0.751. The van der Waals surface area contributed by atoms with Crippen molar-refractivity contribution in [3.63, 3.8) is 0 Å². The van der Waals surface area contributed by atoms with Crippen LogP contribution in [0.25, 0.3) is 22.2 Å². The number of nitrogens with two attached hydrogens (primary N) is 1. The first kappa shape index (κ1) is 23.1. The van der Waals surface area contributed by atoms with Crippen molar-refractivity contribution in [3.05, 3.63) is 54.0 Å². The van der Waals surface area contributed by atoms with E-state index in [0.717, 1.165) is 6.07 Å². The lowest BCUT2D eigenvalue weighted by atomic mass is 10.0. The van der Waals surface area contributed by atoms with Gasteiger partial charge in [-0.15, -0.1) is 0 Å². The number of pyridine rings is 2. The number of nitrogens with one attached hydrogen (secondary N) is 1. The van der Waals surface area contributed by atoms with Gasteiger partial charge in [-0.3, -0.25) is 10.2 Å². The number of nitrogens with zero attached hydrogens (tertiary/aromatic N) is 3. The third-order valence-electron chi connectivity index (χ3n) is 5.30. The predicted octanol–water partition coefficient (Wildman–Crippen LogP) is 2.85. The number of primary sulfonamides is 1. The Morgan fingerprint density at radius 1 is 1.12 bits per heavy atom. The van der Waals surface area contributed by atoms with Gasteiger partial charge in [-0.2, -0.15) is 0 Å². The molecule has 0 unspecified atom stereocenters. The van der Waals surface area contributed by atoms with Crippen LogP contribution in [0.3, 0.4) is 0 Å². The van der Waals surface area contributed by atoms with Crippen LogP contribution in [0.15, 0.2) is 47.6 Å². The third kappa shape index (κ3) is 5.29. The highest BCUT2D eigenvalue weighted by Gasteiger charge is 2.32. The van der Waals surface area contributed by atoms with Crippen molar-refractivity contribution in [1.29, 1.82) is 0 Å². The Morgan fingerprint density at radius 2 is 1.91 bits per heavy atom. The lowest BCUT2D eigenvalue weighted by Gasteiger charge is -2.22. The van der Waals surface area contributed by atoms with E-state index in [2.05, 4.69) is 15.4 Å². The van der Waals surface area contributed by atoms with Crippen LogP contribution in [0, 0.1) is 5.82 Å². The van der Waals surface area contributed by atoms with Crippen LogP contribution in [-0.2, 0) is 10.0 Å². The smallest absolute Gasteiger partial charge is 0.267 e. The molecule has 8 nitrogen and oxygen atoms in total. The van der Waals surface area contributed by atoms with E-state index in [9.17, 15) is 26.4 Å². The van der Waals surface area contributed by atoms with E-state index in [1.165, 1.54) is 41.5 Å². The zero-order chi connectivity index (χ0) is 23.8. The number of hydrogen-bond acceptors (Lipinski definition) is 6. The molecule has 0 atom stereocenters. The van der Waals surface area contributed by atoms with Gasteiger partial charge in [-0.1, -0.05) is 0 Å². The Kier molecular flexibility index (Phi) is 6.08. The fourth-order valence-corrected chi connectivity index (χ4v) is 4.12. The average molecular weight is 479 g/mol. The molecule has 1 aliphatic rings. The number of alkyl halides is 2. The van der Waals surface area contributed by atoms with Gasteiger partial charge in [-0.05, 0) is 36.8 Å². The van der Waals surface area contributed by atoms with Gasteiger partial charge in [0, 0.05) is 49.1 Å². The van der Waals surface area contributed by atoms with E-state index >= 15 is 0 Å². The van der Waals surface area contributed by atoms with Crippen LogP contribution in [0.4, 0.5) is 13.2 Å². The second kappa shape index (κ2) is 8.69. The van der Waals surface area contributed by atoms with Crippen LogP contribution in [0.2, 0.25) is 0 Å². The first-order valence-electron chi connectivity index (χ1n) is 10.1. The molecule has 0 saturated carbocycles. The highest BCUT2D eigenvalue weighted by Crippen LogP contribution is 2.29. The normalized spacial score (nSPS) is 17.0. The number of hydrogen-bond donors (Lipinski definition) is 2. The lowest BCUT2D eigenvalue weighted by molar-refractivity contribution is -0.0143. The molecule has 0 radical (unpaired) electrons. The van der Waals surface area contributed by atoms with Crippen LogP contribution in [0.5, 0.6) is 0 Å². The summed E-state index contributed by atoms with van der Waals surface area (Å²) in [4.78, 5) is 21.3. The number of amides is 1. The van der Waals surface area contributed by atoms with E-state index in [0.29, 0.717) is 5.39 Å². The molecule has 174 valence electrons. The van der Waals surface area contributed by atoms with Gasteiger partial charge >= 0.3 is 0 Å². The van der Waals surface area contributed by atoms with E-state index in [-0.39, 0.29) is 48.3 Å². The summed E-state index contributed by atoms with van der Waals surface area (Å²) in [5, 5.41) is 6.62. The molecule has 4 rings (SSSR count). The number of carbonyl (C=O) groups excluding carboxylic acids is 1. The minimum Gasteiger partial charge on any atom is -0.285 e. The second-order valence-electron chi connectivity index (χ2n) is 7.79. The van der Waals surface area contributed by atoms with Crippen molar-refractivity contribution in [2.75, 3.05) is 13.1 Å². The first-order chi connectivity index (χ1) is 15.5. The zero-order valence-electron chi connectivity index (χ0n) is 17.3. The zero-order valence-corrected chi connectivity index (χ0v) is 18.1. The fourth-order valence-electron chi connectivity index (χ4n) is 3.63. The summed E-state index contributed by atoms with van der Waals surface area (Å²) in [6, 6.07) is 7.92. The Labute approximate surface area is 187 Å². The molecule has 1 aliphatic heterocycles. The van der Waals surface area contributed by atoms with Crippen molar-refractivity contribution < 1.29 is 26.4 Å². The Bertz CT molecular complexity index is 1330. The van der Waals surface area contributed by atoms with Crippen LogP contribution < -0.4 is 10.6 Å². The van der Waals surface area contributed by atoms with Crippen LogP contribution in [-0.4, -0.2) is 48.3 Å². The van der Waals surface area contributed by atoms with E-state index in [4.69, 9.17) is 5.14 Å². The van der Waals surface area contributed by atoms with Gasteiger partial charge < -0.3 is 0 Å². The Morgan fingerprint density at radius 3 is 2.67 bits per heavy atom. The molecule has 1 fully saturated rings. The van der Waals surface area contributed by atoms with Crippen molar-refractivity contribution in [1.82, 2.24) is 20.4 Å². The Hall–Kier alpha value is -3.09. The molecule has 0 aliphatic carbocycles. The molecule has 0 bridgehead atoms. The SMILES string of the molecule is NS(=O)(=O)c1cc(-c2nc3cc(F)ccc3cc2C(=O)NN2CCCC(F)(F)CC2)ccn1. The summed E-state index contributed by atoms with van der Waals surface area (Å²) < 4.78 is 64.6. The van der Waals surface area contributed by atoms with Gasteiger partial charge in [0.25, 0.3) is 15.9 Å². The molecule has 33 heavy (non-hydrogen) atoms. The number of sulfonamides is 1. The van der Waals surface area contributed by atoms with Gasteiger partial charge in [0.2, 0.25) is 5.92 Å². The molecule has 1 saturated heterocycles. The standard InChI is InChI=1S/C21H20F3N5O3S/c22-15-3-2-13-10-16(20(30)28-29-8-1-5-21(23,24)6-9-29)19(27-17(13)12-15)14-4-7-26-18(11-14)33(25,31)32/h2-4,7,10-12H,1,5-6,8-9H2,(H,28,30)(H2,25,31,32). The van der Waals surface area contributed by atoms with Gasteiger partial charge in [0.1, 0.15) is 5.82 Å². The third-order valence-corrected chi connectivity index (χ3v) is 6.11. The van der Waals surface area contributed by atoms with Crippen molar-refractivity contribution in [2.24, 2.45) is 5.14 Å². The predicted molar refractivity (Wildman–Crippen MR) is 114 cm³/mol. The number of hydrazine groups is 1. The number of aromatic nitrogens is 2. The number of fused-ring (bicyclic) bond motifs is 1.